The minimum Gasteiger partial charge on any atom is -0.378 e. The Hall–Kier alpha value is -1.28. The standard InChI is InChI=1S/C15H24N2/c1-5-13(12-16-6-2)11-14-7-9-15(10-8-14)17(3)4/h7-11,16H,5-6,12H2,1-4H3. The van der Waals surface area contributed by atoms with Crippen LogP contribution in [0.15, 0.2) is 29.8 Å². The highest BCUT2D eigenvalue weighted by Gasteiger charge is 1.97. The van der Waals surface area contributed by atoms with Crippen molar-refractivity contribution in [1.29, 1.82) is 0 Å². The third-order valence-electron chi connectivity index (χ3n) is 2.84. The Kier molecular flexibility index (Phi) is 5.78. The van der Waals surface area contributed by atoms with Crippen LogP contribution in [0.1, 0.15) is 25.8 Å². The summed E-state index contributed by atoms with van der Waals surface area (Å²) >= 11 is 0. The van der Waals surface area contributed by atoms with Gasteiger partial charge in [0, 0.05) is 26.3 Å². The lowest BCUT2D eigenvalue weighted by Gasteiger charge is -2.12. The molecule has 0 bridgehead atoms. The van der Waals surface area contributed by atoms with Crippen LogP contribution in [0, 0.1) is 0 Å². The van der Waals surface area contributed by atoms with Crippen molar-refractivity contribution < 1.29 is 0 Å². The van der Waals surface area contributed by atoms with E-state index in [0.717, 1.165) is 19.5 Å². The van der Waals surface area contributed by atoms with Crippen molar-refractivity contribution in [1.82, 2.24) is 5.32 Å². The molecule has 2 nitrogen and oxygen atoms in total. The smallest absolute Gasteiger partial charge is 0.0361 e. The molecule has 0 unspecified atom stereocenters. The second kappa shape index (κ2) is 7.13. The first kappa shape index (κ1) is 13.8. The third kappa shape index (κ3) is 4.61. The SMILES string of the molecule is CCNCC(=Cc1ccc(N(C)C)cc1)CC. The van der Waals surface area contributed by atoms with Crippen LogP contribution in [0.5, 0.6) is 0 Å². The van der Waals surface area contributed by atoms with E-state index >= 15 is 0 Å². The van der Waals surface area contributed by atoms with Gasteiger partial charge in [0.15, 0.2) is 0 Å². The zero-order chi connectivity index (χ0) is 12.7. The first-order chi connectivity index (χ1) is 8.17. The van der Waals surface area contributed by atoms with E-state index in [1.807, 2.05) is 0 Å². The lowest BCUT2D eigenvalue weighted by Crippen LogP contribution is -2.15. The van der Waals surface area contributed by atoms with E-state index in [2.05, 4.69) is 68.5 Å². The topological polar surface area (TPSA) is 15.3 Å². The van der Waals surface area contributed by atoms with Crippen LogP contribution in [0.3, 0.4) is 0 Å². The van der Waals surface area contributed by atoms with E-state index in [4.69, 9.17) is 0 Å². The van der Waals surface area contributed by atoms with E-state index in [1.54, 1.807) is 0 Å². The summed E-state index contributed by atoms with van der Waals surface area (Å²) in [4.78, 5) is 2.12. The molecule has 0 spiro atoms. The number of nitrogens with zero attached hydrogens (tertiary/aromatic N) is 1. The largest absolute Gasteiger partial charge is 0.378 e. The second-order valence-electron chi connectivity index (χ2n) is 4.42. The summed E-state index contributed by atoms with van der Waals surface area (Å²) in [5.74, 6) is 0. The predicted molar refractivity (Wildman–Crippen MR) is 77.6 cm³/mol. The first-order valence-electron chi connectivity index (χ1n) is 6.35. The van der Waals surface area contributed by atoms with E-state index in [9.17, 15) is 0 Å². The zero-order valence-corrected chi connectivity index (χ0v) is 11.5. The maximum Gasteiger partial charge on any atom is 0.0361 e. The molecule has 1 aromatic carbocycles. The number of likely N-dealkylation sites (N-methyl/N-ethyl adjacent to an activating group) is 1. The van der Waals surface area contributed by atoms with Gasteiger partial charge in [0.05, 0.1) is 0 Å². The molecule has 0 atom stereocenters. The second-order valence-corrected chi connectivity index (χ2v) is 4.42. The van der Waals surface area contributed by atoms with Gasteiger partial charge in [-0.2, -0.15) is 0 Å². The summed E-state index contributed by atoms with van der Waals surface area (Å²) in [6, 6.07) is 8.67. The Balaban J connectivity index is 2.74. The summed E-state index contributed by atoms with van der Waals surface area (Å²) in [6.45, 7) is 6.36. The Morgan fingerprint density at radius 1 is 1.18 bits per heavy atom. The molecule has 0 saturated heterocycles. The van der Waals surface area contributed by atoms with E-state index in [0.29, 0.717) is 0 Å². The van der Waals surface area contributed by atoms with Crippen molar-refractivity contribution in [3.8, 4) is 0 Å². The average Bonchev–Trinajstić information content (AvgIpc) is 2.35. The van der Waals surface area contributed by atoms with Gasteiger partial charge in [0.2, 0.25) is 0 Å². The molecule has 2 heteroatoms. The molecule has 17 heavy (non-hydrogen) atoms. The summed E-state index contributed by atoms with van der Waals surface area (Å²) in [5.41, 5.74) is 3.97. The predicted octanol–water partition coefficient (Wildman–Crippen LogP) is 3.16. The Morgan fingerprint density at radius 3 is 2.29 bits per heavy atom. The molecule has 0 aromatic heterocycles. The molecule has 0 radical (unpaired) electrons. The highest BCUT2D eigenvalue weighted by molar-refractivity contribution is 5.57. The van der Waals surface area contributed by atoms with Crippen molar-refractivity contribution in [2.75, 3.05) is 32.1 Å². The van der Waals surface area contributed by atoms with Crippen molar-refractivity contribution in [3.63, 3.8) is 0 Å². The maximum absolute atomic E-state index is 3.37. The fourth-order valence-electron chi connectivity index (χ4n) is 1.67. The Morgan fingerprint density at radius 2 is 1.82 bits per heavy atom. The molecule has 0 saturated carbocycles. The van der Waals surface area contributed by atoms with Crippen LogP contribution >= 0.6 is 0 Å². The molecular formula is C15H24N2. The molecule has 0 aliphatic rings. The summed E-state index contributed by atoms with van der Waals surface area (Å²) in [6.07, 6.45) is 3.38. The van der Waals surface area contributed by atoms with Gasteiger partial charge < -0.3 is 10.2 Å². The van der Waals surface area contributed by atoms with Gasteiger partial charge in [0.25, 0.3) is 0 Å². The zero-order valence-electron chi connectivity index (χ0n) is 11.5. The molecule has 1 N–H and O–H groups in total. The van der Waals surface area contributed by atoms with Gasteiger partial charge in [-0.1, -0.05) is 37.6 Å². The van der Waals surface area contributed by atoms with Gasteiger partial charge in [-0.25, -0.2) is 0 Å². The van der Waals surface area contributed by atoms with Gasteiger partial charge in [-0.3, -0.25) is 0 Å². The number of hydrogen-bond acceptors (Lipinski definition) is 2. The quantitative estimate of drug-likeness (QED) is 0.810. The first-order valence-corrected chi connectivity index (χ1v) is 6.35. The number of hydrogen-bond donors (Lipinski definition) is 1. The molecule has 1 aromatic rings. The average molecular weight is 232 g/mol. The molecule has 0 heterocycles. The van der Waals surface area contributed by atoms with Crippen molar-refractivity contribution in [2.24, 2.45) is 0 Å². The molecule has 0 aliphatic heterocycles. The highest BCUT2D eigenvalue weighted by Crippen LogP contribution is 2.15. The van der Waals surface area contributed by atoms with Gasteiger partial charge in [-0.15, -0.1) is 0 Å². The van der Waals surface area contributed by atoms with E-state index < -0.39 is 0 Å². The Bertz CT molecular complexity index is 350. The fourth-order valence-corrected chi connectivity index (χ4v) is 1.67. The molecule has 0 aliphatic carbocycles. The van der Waals surface area contributed by atoms with Crippen molar-refractivity contribution in [2.45, 2.75) is 20.3 Å². The maximum atomic E-state index is 3.37. The van der Waals surface area contributed by atoms with Gasteiger partial charge >= 0.3 is 0 Å². The van der Waals surface area contributed by atoms with Gasteiger partial charge in [-0.05, 0) is 30.7 Å². The van der Waals surface area contributed by atoms with Crippen LogP contribution in [-0.2, 0) is 0 Å². The number of benzene rings is 1. The van der Waals surface area contributed by atoms with E-state index in [-0.39, 0.29) is 0 Å². The Labute approximate surface area is 105 Å². The fraction of sp³-hybridized carbons (Fsp3) is 0.467. The van der Waals surface area contributed by atoms with Gasteiger partial charge in [0.1, 0.15) is 0 Å². The minimum absolute atomic E-state index is 0.989. The summed E-state index contributed by atoms with van der Waals surface area (Å²) < 4.78 is 0. The highest BCUT2D eigenvalue weighted by atomic mass is 15.1. The summed E-state index contributed by atoms with van der Waals surface area (Å²) in [5, 5.41) is 3.37. The van der Waals surface area contributed by atoms with Crippen LogP contribution < -0.4 is 10.2 Å². The lowest BCUT2D eigenvalue weighted by atomic mass is 10.1. The lowest BCUT2D eigenvalue weighted by molar-refractivity contribution is 0.762. The van der Waals surface area contributed by atoms with Crippen molar-refractivity contribution >= 4 is 11.8 Å². The normalized spacial score (nSPS) is 11.6. The molecule has 1 rings (SSSR count). The third-order valence-corrected chi connectivity index (χ3v) is 2.84. The summed E-state index contributed by atoms with van der Waals surface area (Å²) in [7, 11) is 4.13. The van der Waals surface area contributed by atoms with Crippen LogP contribution in [0.4, 0.5) is 5.69 Å². The van der Waals surface area contributed by atoms with Crippen LogP contribution in [0.2, 0.25) is 0 Å². The molecule has 94 valence electrons. The number of rotatable bonds is 6. The molecule has 0 amide bonds. The van der Waals surface area contributed by atoms with Crippen LogP contribution in [0.25, 0.3) is 6.08 Å². The van der Waals surface area contributed by atoms with Crippen LogP contribution in [-0.4, -0.2) is 27.2 Å². The monoisotopic (exact) mass is 232 g/mol. The van der Waals surface area contributed by atoms with Crippen molar-refractivity contribution in [3.05, 3.63) is 35.4 Å². The number of nitrogens with one attached hydrogen (secondary N) is 1. The minimum atomic E-state index is 0.989. The number of anilines is 1. The molecular weight excluding hydrogens is 208 g/mol. The molecule has 0 fully saturated rings. The van der Waals surface area contributed by atoms with E-state index in [1.165, 1.54) is 16.8 Å².